The Morgan fingerprint density at radius 3 is 1.31 bits per heavy atom. The summed E-state index contributed by atoms with van der Waals surface area (Å²) in [5.74, 6) is 0. The van der Waals surface area contributed by atoms with Gasteiger partial charge in [-0.3, -0.25) is 0 Å². The first-order valence-corrected chi connectivity index (χ1v) is 4.50. The fourth-order valence-corrected chi connectivity index (χ4v) is 1.11. The maximum atomic E-state index is 12.9. The molecule has 2 unspecified atom stereocenters. The maximum Gasteiger partial charge on any atom is 0.372 e. The molecule has 0 N–H and O–H groups in total. The minimum Gasteiger partial charge on any atom is -0.226 e. The molecule has 0 heterocycles. The van der Waals surface area contributed by atoms with Crippen LogP contribution >= 0.6 is 58.0 Å². The van der Waals surface area contributed by atoms with Gasteiger partial charge >= 0.3 is 5.38 Å². The molecule has 0 radical (unpaired) electrons. The molecule has 0 aliphatic rings. The van der Waals surface area contributed by atoms with Crippen LogP contribution in [-0.2, 0) is 0 Å². The van der Waals surface area contributed by atoms with Gasteiger partial charge in [0.25, 0.3) is 5.13 Å². The van der Waals surface area contributed by atoms with Gasteiger partial charge in [0, 0.05) is 0 Å². The summed E-state index contributed by atoms with van der Waals surface area (Å²) in [6, 6.07) is 0. The van der Waals surface area contributed by atoms with Crippen LogP contribution in [0.4, 0.5) is 17.6 Å². The lowest BCUT2D eigenvalue weighted by Gasteiger charge is -2.33. The van der Waals surface area contributed by atoms with Crippen LogP contribution in [0.5, 0.6) is 0 Å². The first-order chi connectivity index (χ1) is 5.44. The molecule has 0 aromatic rings. The van der Waals surface area contributed by atoms with Gasteiger partial charge in [-0.05, 0) is 11.6 Å². The van der Waals surface area contributed by atoms with Gasteiger partial charge in [-0.25, -0.2) is 8.78 Å². The third kappa shape index (κ3) is 2.59. The monoisotopic (exact) mass is 300 g/mol. The van der Waals surface area contributed by atoms with Crippen LogP contribution in [0.3, 0.4) is 0 Å². The molecule has 13 heavy (non-hydrogen) atoms. The summed E-state index contributed by atoms with van der Waals surface area (Å²) in [6.45, 7) is 0. The average Bonchev–Trinajstić information content (AvgIpc) is 1.84. The largest absolute Gasteiger partial charge is 0.372 e. The zero-order valence-corrected chi connectivity index (χ0v) is 9.26. The Kier molecular flexibility index (Phi) is 4.33. The summed E-state index contributed by atoms with van der Waals surface area (Å²) in [4.78, 5) is 0. The second-order valence-corrected chi connectivity index (χ2v) is 4.76. The fraction of sp³-hybridized carbons (Fsp3) is 1.00. The van der Waals surface area contributed by atoms with Crippen LogP contribution in [0.25, 0.3) is 0 Å². The third-order valence-corrected chi connectivity index (χ3v) is 3.59. The molecule has 0 fully saturated rings. The summed E-state index contributed by atoms with van der Waals surface area (Å²) in [5, 5.41) is -8.87. The van der Waals surface area contributed by atoms with Crippen molar-refractivity contribution in [2.75, 3.05) is 0 Å². The highest BCUT2D eigenvalue weighted by molar-refractivity contribution is 6.57. The summed E-state index contributed by atoms with van der Waals surface area (Å²) in [6.07, 6.45) is 0. The third-order valence-electron chi connectivity index (χ3n) is 1.05. The van der Waals surface area contributed by atoms with Gasteiger partial charge in [-0.2, -0.15) is 8.78 Å². The Balaban J connectivity index is 5.04. The van der Waals surface area contributed by atoms with Crippen LogP contribution in [-0.4, -0.2) is 20.5 Å². The number of halogens is 9. The standard InChI is InChI=1S/C4HCl5F4/c5-1(10)2(6,7)3(8,11)4(9,12)13/h1H. The quantitative estimate of drug-likeness (QED) is 0.534. The SMILES string of the molecule is FC(Cl)C(Cl)(Cl)C(F)(Cl)C(F)(F)Cl. The average molecular weight is 302 g/mol. The zero-order valence-electron chi connectivity index (χ0n) is 5.48. The fourth-order valence-electron chi connectivity index (χ4n) is 0.326. The smallest absolute Gasteiger partial charge is 0.226 e. The lowest BCUT2D eigenvalue weighted by molar-refractivity contribution is -0.0343. The molecular weight excluding hydrogens is 301 g/mol. The molecule has 9 heteroatoms. The molecule has 2 atom stereocenters. The lowest BCUT2D eigenvalue weighted by atomic mass is 10.2. The van der Waals surface area contributed by atoms with E-state index in [9.17, 15) is 17.6 Å². The lowest BCUT2D eigenvalue weighted by Crippen LogP contribution is -2.52. The van der Waals surface area contributed by atoms with Crippen molar-refractivity contribution < 1.29 is 17.6 Å². The van der Waals surface area contributed by atoms with Crippen molar-refractivity contribution in [1.29, 1.82) is 0 Å². The van der Waals surface area contributed by atoms with Gasteiger partial charge in [0.2, 0.25) is 9.96 Å². The second kappa shape index (κ2) is 3.97. The van der Waals surface area contributed by atoms with Crippen molar-refractivity contribution in [1.82, 2.24) is 0 Å². The van der Waals surface area contributed by atoms with E-state index in [-0.39, 0.29) is 0 Å². The first-order valence-electron chi connectivity index (χ1n) is 2.55. The van der Waals surface area contributed by atoms with Crippen molar-refractivity contribution in [2.24, 2.45) is 0 Å². The molecule has 0 saturated heterocycles. The highest BCUT2D eigenvalue weighted by Gasteiger charge is 2.68. The van der Waals surface area contributed by atoms with Crippen molar-refractivity contribution in [2.45, 2.75) is 20.5 Å². The Hall–Kier alpha value is 1.17. The summed E-state index contributed by atoms with van der Waals surface area (Å²) in [7, 11) is 0. The van der Waals surface area contributed by atoms with Crippen LogP contribution in [0, 0.1) is 0 Å². The highest BCUT2D eigenvalue weighted by atomic mass is 35.5. The van der Waals surface area contributed by atoms with Crippen molar-refractivity contribution in [3.8, 4) is 0 Å². The Morgan fingerprint density at radius 2 is 1.23 bits per heavy atom. The first kappa shape index (κ1) is 14.2. The van der Waals surface area contributed by atoms with Gasteiger partial charge < -0.3 is 0 Å². The number of hydrogen-bond acceptors (Lipinski definition) is 0. The minimum atomic E-state index is -4.66. The van der Waals surface area contributed by atoms with E-state index in [2.05, 4.69) is 34.8 Å². The number of rotatable bonds is 3. The van der Waals surface area contributed by atoms with Crippen molar-refractivity contribution >= 4 is 58.0 Å². The highest BCUT2D eigenvalue weighted by Crippen LogP contribution is 2.54. The molecule has 0 aromatic carbocycles. The van der Waals surface area contributed by atoms with Crippen LogP contribution in [0.1, 0.15) is 0 Å². The normalized spacial score (nSPS) is 21.0. The zero-order chi connectivity index (χ0) is 11.1. The van der Waals surface area contributed by atoms with Gasteiger partial charge in [0.05, 0.1) is 0 Å². The molecule has 0 aromatic heterocycles. The van der Waals surface area contributed by atoms with E-state index >= 15 is 0 Å². The predicted octanol–water partition coefficient (Wildman–Crippen LogP) is 4.43. The molecule has 0 bridgehead atoms. The van der Waals surface area contributed by atoms with E-state index in [0.717, 1.165) is 0 Å². The molecule has 80 valence electrons. The van der Waals surface area contributed by atoms with Crippen LogP contribution < -0.4 is 0 Å². The molecule has 0 aliphatic carbocycles. The van der Waals surface area contributed by atoms with E-state index in [1.807, 2.05) is 0 Å². The van der Waals surface area contributed by atoms with E-state index < -0.39 is 20.5 Å². The molecule has 0 aliphatic heterocycles. The molecule has 0 saturated carbocycles. The Labute approximate surface area is 96.0 Å². The van der Waals surface area contributed by atoms with E-state index in [4.69, 9.17) is 23.2 Å². The van der Waals surface area contributed by atoms with Crippen molar-refractivity contribution in [3.05, 3.63) is 0 Å². The van der Waals surface area contributed by atoms with E-state index in [1.54, 1.807) is 0 Å². The maximum absolute atomic E-state index is 12.9. The molecule has 0 spiro atoms. The summed E-state index contributed by atoms with van der Waals surface area (Å²) >= 11 is 23.1. The minimum absolute atomic E-state index is 2.84. The van der Waals surface area contributed by atoms with Gasteiger partial charge in [-0.15, -0.1) is 0 Å². The molecule has 0 amide bonds. The second-order valence-electron chi connectivity index (χ2n) is 2.00. The van der Waals surface area contributed by atoms with E-state index in [1.165, 1.54) is 0 Å². The van der Waals surface area contributed by atoms with Gasteiger partial charge in [-0.1, -0.05) is 46.4 Å². The molecule has 0 nitrogen and oxygen atoms in total. The van der Waals surface area contributed by atoms with Gasteiger partial charge in [0.15, 0.2) is 0 Å². The van der Waals surface area contributed by atoms with Crippen molar-refractivity contribution in [3.63, 3.8) is 0 Å². The Bertz CT molecular complexity index is 185. The Morgan fingerprint density at radius 1 is 0.923 bits per heavy atom. The number of hydrogen-bond donors (Lipinski definition) is 0. The number of alkyl halides is 9. The summed E-state index contributed by atoms with van der Waals surface area (Å²) in [5.41, 5.74) is -2.84. The topological polar surface area (TPSA) is 0 Å². The van der Waals surface area contributed by atoms with Gasteiger partial charge in [0.1, 0.15) is 0 Å². The molecule has 0 rings (SSSR count). The van der Waals surface area contributed by atoms with E-state index in [0.29, 0.717) is 0 Å². The summed E-state index contributed by atoms with van der Waals surface area (Å²) < 4.78 is 46.3. The van der Waals surface area contributed by atoms with Crippen LogP contribution in [0.15, 0.2) is 0 Å². The predicted molar refractivity (Wildman–Crippen MR) is 45.7 cm³/mol. The molecular formula is C4HCl5F4. The van der Waals surface area contributed by atoms with Crippen LogP contribution in [0.2, 0.25) is 0 Å².